The van der Waals surface area contributed by atoms with Gasteiger partial charge in [-0.3, -0.25) is 9.36 Å². The Morgan fingerprint density at radius 2 is 2.10 bits per heavy atom. The zero-order valence-corrected chi connectivity index (χ0v) is 14.9. The van der Waals surface area contributed by atoms with E-state index in [0.29, 0.717) is 16.7 Å². The summed E-state index contributed by atoms with van der Waals surface area (Å²) in [6.07, 6.45) is -0.423. The number of aliphatic hydroxyl groups is 2. The summed E-state index contributed by atoms with van der Waals surface area (Å²) in [6.45, 7) is -0.449. The second kappa shape index (κ2) is 7.81. The number of ether oxygens (including phenoxy) is 1. The Morgan fingerprint density at radius 1 is 1.31 bits per heavy atom. The lowest BCUT2D eigenvalue weighted by Gasteiger charge is -2.17. The van der Waals surface area contributed by atoms with Gasteiger partial charge in [-0.25, -0.2) is 15.0 Å². The quantitative estimate of drug-likeness (QED) is 0.328. The number of anilines is 1. The average Bonchev–Trinajstić information content (AvgIpc) is 3.31. The lowest BCUT2D eigenvalue weighted by molar-refractivity contribution is -0.0437. The first-order valence-electron chi connectivity index (χ1n) is 8.66. The molecule has 148 valence electrons. The molecule has 12 nitrogen and oxygen atoms in total. The molecule has 1 amide bonds. The van der Waals surface area contributed by atoms with Gasteiger partial charge in [0.15, 0.2) is 17.0 Å². The fraction of sp³-hybridized carbons (Fsp3) is 0.294. The molecular weight excluding hydrogens is 380 g/mol. The van der Waals surface area contributed by atoms with Gasteiger partial charge in [-0.1, -0.05) is 23.3 Å². The molecule has 0 saturated carbocycles. The average molecular weight is 396 g/mol. The molecular formula is C17H16N8O4. The Balaban J connectivity index is 1.69. The number of azide groups is 1. The normalized spacial score (nSPS) is 23.7. The molecule has 0 radical (unpaired) electrons. The van der Waals surface area contributed by atoms with Crippen LogP contribution in [0.25, 0.3) is 21.6 Å². The van der Waals surface area contributed by atoms with E-state index < -0.39 is 31.1 Å². The van der Waals surface area contributed by atoms with Crippen LogP contribution >= 0.6 is 0 Å². The third-order valence-electron chi connectivity index (χ3n) is 4.60. The molecule has 1 saturated heterocycles. The summed E-state index contributed by atoms with van der Waals surface area (Å²) in [6, 6.07) is 7.63. The van der Waals surface area contributed by atoms with E-state index in [2.05, 4.69) is 30.3 Å². The molecule has 3 heterocycles. The van der Waals surface area contributed by atoms with E-state index in [4.69, 9.17) is 10.3 Å². The molecule has 1 unspecified atom stereocenters. The number of carbonyl (C=O) groups is 1. The summed E-state index contributed by atoms with van der Waals surface area (Å²) in [4.78, 5) is 27.7. The first-order chi connectivity index (χ1) is 14.1. The highest BCUT2D eigenvalue weighted by molar-refractivity contribution is 6.06. The van der Waals surface area contributed by atoms with Gasteiger partial charge < -0.3 is 20.3 Å². The first-order valence-corrected chi connectivity index (χ1v) is 8.66. The monoisotopic (exact) mass is 396 g/mol. The molecule has 3 aromatic rings. The molecule has 1 aromatic carbocycles. The number of rotatable bonds is 5. The van der Waals surface area contributed by atoms with Gasteiger partial charge in [0.05, 0.1) is 19.0 Å². The summed E-state index contributed by atoms with van der Waals surface area (Å²) in [5.41, 5.74) is 9.87. The van der Waals surface area contributed by atoms with Gasteiger partial charge in [0.1, 0.15) is 24.7 Å². The molecule has 3 N–H and O–H groups in total. The van der Waals surface area contributed by atoms with Crippen molar-refractivity contribution in [1.29, 1.82) is 0 Å². The van der Waals surface area contributed by atoms with Gasteiger partial charge in [-0.2, -0.15) is 0 Å². The summed E-state index contributed by atoms with van der Waals surface area (Å²) in [7, 11) is 0. The van der Waals surface area contributed by atoms with Crippen LogP contribution in [0.15, 0.2) is 48.1 Å². The van der Waals surface area contributed by atoms with Gasteiger partial charge in [0.25, 0.3) is 5.91 Å². The molecule has 0 aliphatic carbocycles. The highest BCUT2D eigenvalue weighted by Gasteiger charge is 2.44. The molecule has 1 aliphatic heterocycles. The molecule has 12 heteroatoms. The lowest BCUT2D eigenvalue weighted by Crippen LogP contribution is -2.31. The van der Waals surface area contributed by atoms with Crippen molar-refractivity contribution in [3.05, 3.63) is 59.0 Å². The maximum absolute atomic E-state index is 12.4. The number of imidazole rings is 1. The van der Waals surface area contributed by atoms with Gasteiger partial charge in [-0.15, -0.1) is 0 Å². The van der Waals surface area contributed by atoms with Crippen LogP contribution in [0.3, 0.4) is 0 Å². The molecule has 1 fully saturated rings. The standard InChI is InChI=1S/C17H16N8O4/c18-24-23-11-13(27)10(6-26)29-17(11)25-8-21-12-14(19-7-20-15(12)25)22-16(28)9-4-2-1-3-5-9/h1-5,7-8,10-11,13,17,26-27H,6H2,(H,19,20,22,28)/t10-,11?,13-,17-/m1/s1. The van der Waals surface area contributed by atoms with Crippen molar-refractivity contribution in [1.82, 2.24) is 19.5 Å². The van der Waals surface area contributed by atoms with Crippen molar-refractivity contribution >= 4 is 22.9 Å². The fourth-order valence-corrected chi connectivity index (χ4v) is 3.19. The summed E-state index contributed by atoms with van der Waals surface area (Å²) < 4.78 is 7.11. The minimum atomic E-state index is -1.20. The zero-order valence-electron chi connectivity index (χ0n) is 14.9. The highest BCUT2D eigenvalue weighted by atomic mass is 16.5. The Kier molecular flexibility index (Phi) is 5.06. The van der Waals surface area contributed by atoms with E-state index in [0.717, 1.165) is 0 Å². The molecule has 4 atom stereocenters. The number of fused-ring (bicyclic) bond motifs is 1. The van der Waals surface area contributed by atoms with Crippen molar-refractivity contribution in [2.45, 2.75) is 24.5 Å². The van der Waals surface area contributed by atoms with Crippen molar-refractivity contribution in [2.75, 3.05) is 11.9 Å². The van der Waals surface area contributed by atoms with Crippen LogP contribution in [0.5, 0.6) is 0 Å². The number of nitrogens with zero attached hydrogens (tertiary/aromatic N) is 7. The predicted octanol–water partition coefficient (Wildman–Crippen LogP) is 1.01. The third kappa shape index (κ3) is 3.37. The van der Waals surface area contributed by atoms with E-state index in [1.807, 2.05) is 0 Å². The van der Waals surface area contributed by atoms with E-state index in [1.165, 1.54) is 17.2 Å². The van der Waals surface area contributed by atoms with E-state index in [-0.39, 0.29) is 11.7 Å². The van der Waals surface area contributed by atoms with Crippen molar-refractivity contribution < 1.29 is 19.7 Å². The van der Waals surface area contributed by atoms with Crippen molar-refractivity contribution in [3.8, 4) is 0 Å². The summed E-state index contributed by atoms with van der Waals surface area (Å²) in [5.74, 6) is -0.166. The number of carbonyl (C=O) groups excluding carboxylic acids is 1. The predicted molar refractivity (Wildman–Crippen MR) is 99.7 cm³/mol. The minimum absolute atomic E-state index is 0.195. The van der Waals surface area contributed by atoms with Gasteiger partial charge in [0.2, 0.25) is 0 Å². The van der Waals surface area contributed by atoms with Crippen LogP contribution in [-0.4, -0.2) is 60.5 Å². The van der Waals surface area contributed by atoms with Crippen molar-refractivity contribution in [2.24, 2.45) is 5.11 Å². The fourth-order valence-electron chi connectivity index (χ4n) is 3.19. The number of hydrogen-bond donors (Lipinski definition) is 3. The van der Waals surface area contributed by atoms with Crippen LogP contribution < -0.4 is 5.32 Å². The smallest absolute Gasteiger partial charge is 0.256 e. The molecule has 29 heavy (non-hydrogen) atoms. The molecule has 1 aliphatic rings. The van der Waals surface area contributed by atoms with E-state index >= 15 is 0 Å². The van der Waals surface area contributed by atoms with Gasteiger partial charge in [-0.05, 0) is 17.7 Å². The van der Waals surface area contributed by atoms with E-state index in [1.54, 1.807) is 30.3 Å². The number of hydrogen-bond acceptors (Lipinski definition) is 8. The zero-order chi connectivity index (χ0) is 20.4. The number of aromatic nitrogens is 4. The lowest BCUT2D eigenvalue weighted by atomic mass is 10.1. The molecule has 4 rings (SSSR count). The number of aliphatic hydroxyl groups excluding tert-OH is 2. The minimum Gasteiger partial charge on any atom is -0.394 e. The summed E-state index contributed by atoms with van der Waals surface area (Å²) >= 11 is 0. The highest BCUT2D eigenvalue weighted by Crippen LogP contribution is 2.34. The molecule has 2 aromatic heterocycles. The van der Waals surface area contributed by atoms with Crippen LogP contribution in [-0.2, 0) is 4.74 Å². The summed E-state index contributed by atoms with van der Waals surface area (Å²) in [5, 5.41) is 25.9. The Labute approximate surface area is 163 Å². The SMILES string of the molecule is [N-]=[N+]=NC1[C@H](n2cnc3c(NC(=O)c4ccccc4)ncnc32)O[C@H](CO)[C@H]1O. The second-order valence-corrected chi connectivity index (χ2v) is 6.30. The third-order valence-corrected chi connectivity index (χ3v) is 4.60. The number of benzene rings is 1. The van der Waals surface area contributed by atoms with Crippen molar-refractivity contribution in [3.63, 3.8) is 0 Å². The van der Waals surface area contributed by atoms with Crippen LogP contribution in [0, 0.1) is 0 Å². The largest absolute Gasteiger partial charge is 0.394 e. The Morgan fingerprint density at radius 3 is 2.83 bits per heavy atom. The second-order valence-electron chi connectivity index (χ2n) is 6.30. The van der Waals surface area contributed by atoms with Crippen LogP contribution in [0.2, 0.25) is 0 Å². The Bertz CT molecular complexity index is 1080. The molecule has 0 spiro atoms. The first kappa shape index (κ1) is 18.8. The number of amides is 1. The van der Waals surface area contributed by atoms with E-state index in [9.17, 15) is 15.0 Å². The van der Waals surface area contributed by atoms with Gasteiger partial charge in [0, 0.05) is 10.5 Å². The van der Waals surface area contributed by atoms with Crippen LogP contribution in [0.4, 0.5) is 5.82 Å². The Hall–Kier alpha value is -3.57. The van der Waals surface area contributed by atoms with Crippen LogP contribution in [0.1, 0.15) is 16.6 Å². The van der Waals surface area contributed by atoms with Gasteiger partial charge >= 0.3 is 0 Å². The maximum Gasteiger partial charge on any atom is 0.256 e. The molecule has 0 bridgehead atoms. The maximum atomic E-state index is 12.4. The number of nitrogens with one attached hydrogen (secondary N) is 1. The topological polar surface area (TPSA) is 171 Å².